The minimum Gasteiger partial charge on any atom is -0.490 e. The topological polar surface area (TPSA) is 70.3 Å². The van der Waals surface area contributed by atoms with Crippen LogP contribution in [-0.4, -0.2) is 22.6 Å². The highest BCUT2D eigenvalue weighted by Gasteiger charge is 2.13. The summed E-state index contributed by atoms with van der Waals surface area (Å²) < 4.78 is 11.5. The molecule has 0 aliphatic carbocycles. The summed E-state index contributed by atoms with van der Waals surface area (Å²) in [4.78, 5) is 8.32. The van der Waals surface area contributed by atoms with Crippen LogP contribution in [0.4, 0.5) is 0 Å². The van der Waals surface area contributed by atoms with E-state index in [0.29, 0.717) is 19.0 Å². The van der Waals surface area contributed by atoms with Crippen molar-refractivity contribution in [2.24, 2.45) is 5.73 Å². The van der Waals surface area contributed by atoms with E-state index in [2.05, 4.69) is 9.97 Å². The minimum absolute atomic E-state index is 0.0530. The van der Waals surface area contributed by atoms with Crippen molar-refractivity contribution in [2.75, 3.05) is 6.61 Å². The number of rotatable bonds is 7. The van der Waals surface area contributed by atoms with Crippen molar-refractivity contribution >= 4 is 0 Å². The van der Waals surface area contributed by atoms with Gasteiger partial charge in [0.25, 0.3) is 0 Å². The number of nitrogens with zero attached hydrogens (tertiary/aromatic N) is 2. The molecule has 0 radical (unpaired) electrons. The van der Waals surface area contributed by atoms with E-state index in [1.54, 1.807) is 18.5 Å². The van der Waals surface area contributed by atoms with Crippen LogP contribution in [0.1, 0.15) is 25.2 Å². The Morgan fingerprint density at radius 3 is 2.57 bits per heavy atom. The minimum atomic E-state index is 0.0530. The second-order valence-corrected chi connectivity index (χ2v) is 4.81. The van der Waals surface area contributed by atoms with Crippen molar-refractivity contribution in [1.82, 2.24) is 9.97 Å². The summed E-state index contributed by atoms with van der Waals surface area (Å²) in [5, 5.41) is 0. The van der Waals surface area contributed by atoms with Crippen LogP contribution in [0.25, 0.3) is 0 Å². The zero-order valence-electron chi connectivity index (χ0n) is 12.5. The molecule has 0 spiro atoms. The molecular weight excluding hydrogens is 266 g/mol. The van der Waals surface area contributed by atoms with Crippen molar-refractivity contribution in [3.63, 3.8) is 0 Å². The van der Waals surface area contributed by atoms with Crippen LogP contribution in [0.5, 0.6) is 11.5 Å². The number of nitrogens with two attached hydrogens (primary N) is 1. The zero-order chi connectivity index (χ0) is 15.1. The number of para-hydroxylation sites is 1. The van der Waals surface area contributed by atoms with Gasteiger partial charge in [-0.05, 0) is 38.0 Å². The van der Waals surface area contributed by atoms with Gasteiger partial charge in [-0.2, -0.15) is 0 Å². The highest BCUT2D eigenvalue weighted by atomic mass is 16.5. The van der Waals surface area contributed by atoms with E-state index in [9.17, 15) is 0 Å². The molecule has 1 atom stereocenters. The number of hydrogen-bond acceptors (Lipinski definition) is 5. The summed E-state index contributed by atoms with van der Waals surface area (Å²) in [5.41, 5.74) is 6.94. The van der Waals surface area contributed by atoms with Crippen LogP contribution < -0.4 is 15.2 Å². The van der Waals surface area contributed by atoms with Gasteiger partial charge in [0.2, 0.25) is 0 Å². The van der Waals surface area contributed by atoms with Gasteiger partial charge in [0.1, 0.15) is 6.61 Å². The third-order valence-electron chi connectivity index (χ3n) is 2.87. The van der Waals surface area contributed by atoms with Crippen LogP contribution in [0, 0.1) is 0 Å². The molecule has 0 saturated heterocycles. The number of hydrogen-bond donors (Lipinski definition) is 1. The Morgan fingerprint density at radius 1 is 1.14 bits per heavy atom. The SMILES string of the molecule is CCOc1cccc(CC(C)N)c1OCc1ncccn1. The van der Waals surface area contributed by atoms with E-state index in [-0.39, 0.29) is 6.04 Å². The van der Waals surface area contributed by atoms with Crippen molar-refractivity contribution in [3.05, 3.63) is 48.0 Å². The van der Waals surface area contributed by atoms with Crippen molar-refractivity contribution in [3.8, 4) is 11.5 Å². The molecule has 0 aliphatic heterocycles. The normalized spacial score (nSPS) is 12.0. The average Bonchev–Trinajstić information content (AvgIpc) is 2.47. The third-order valence-corrected chi connectivity index (χ3v) is 2.87. The van der Waals surface area contributed by atoms with Gasteiger partial charge in [0.05, 0.1) is 6.61 Å². The van der Waals surface area contributed by atoms with Gasteiger partial charge in [-0.25, -0.2) is 9.97 Å². The fourth-order valence-corrected chi connectivity index (χ4v) is 2.04. The highest BCUT2D eigenvalue weighted by Crippen LogP contribution is 2.32. The van der Waals surface area contributed by atoms with E-state index >= 15 is 0 Å². The fraction of sp³-hybridized carbons (Fsp3) is 0.375. The summed E-state index contributed by atoms with van der Waals surface area (Å²) in [7, 11) is 0. The predicted octanol–water partition coefficient (Wildman–Crippen LogP) is 2.34. The Morgan fingerprint density at radius 2 is 1.90 bits per heavy atom. The Hall–Kier alpha value is -2.14. The quantitative estimate of drug-likeness (QED) is 0.846. The van der Waals surface area contributed by atoms with Crippen molar-refractivity contribution < 1.29 is 9.47 Å². The first-order valence-corrected chi connectivity index (χ1v) is 7.09. The molecule has 0 aliphatic rings. The maximum atomic E-state index is 5.90. The number of benzene rings is 1. The molecule has 1 aromatic heterocycles. The van der Waals surface area contributed by atoms with Crippen LogP contribution in [0.3, 0.4) is 0 Å². The van der Waals surface area contributed by atoms with Gasteiger partial charge in [0, 0.05) is 18.4 Å². The molecule has 5 nitrogen and oxygen atoms in total. The third kappa shape index (κ3) is 4.43. The van der Waals surface area contributed by atoms with Gasteiger partial charge in [-0.15, -0.1) is 0 Å². The summed E-state index contributed by atoms with van der Waals surface area (Å²) >= 11 is 0. The summed E-state index contributed by atoms with van der Waals surface area (Å²) in [6, 6.07) is 7.69. The maximum Gasteiger partial charge on any atom is 0.166 e. The monoisotopic (exact) mass is 287 g/mol. The first-order valence-electron chi connectivity index (χ1n) is 7.09. The second-order valence-electron chi connectivity index (χ2n) is 4.81. The molecule has 0 amide bonds. The lowest BCUT2D eigenvalue weighted by Gasteiger charge is -2.16. The lowest BCUT2D eigenvalue weighted by atomic mass is 10.1. The number of aromatic nitrogens is 2. The highest BCUT2D eigenvalue weighted by molar-refractivity contribution is 5.47. The Balaban J connectivity index is 2.21. The van der Waals surface area contributed by atoms with E-state index in [1.165, 1.54) is 0 Å². The average molecular weight is 287 g/mol. The smallest absolute Gasteiger partial charge is 0.166 e. The van der Waals surface area contributed by atoms with Gasteiger partial charge in [-0.1, -0.05) is 12.1 Å². The Labute approximate surface area is 125 Å². The van der Waals surface area contributed by atoms with Gasteiger partial charge in [0.15, 0.2) is 17.3 Å². The van der Waals surface area contributed by atoms with Crippen LogP contribution in [0.2, 0.25) is 0 Å². The summed E-state index contributed by atoms with van der Waals surface area (Å²) in [6.45, 7) is 4.80. The maximum absolute atomic E-state index is 5.90. The van der Waals surface area contributed by atoms with Crippen LogP contribution in [0.15, 0.2) is 36.7 Å². The molecule has 2 aromatic rings. The molecule has 2 N–H and O–H groups in total. The van der Waals surface area contributed by atoms with Gasteiger partial charge < -0.3 is 15.2 Å². The Bertz CT molecular complexity index is 559. The second kappa shape index (κ2) is 7.59. The van der Waals surface area contributed by atoms with E-state index in [4.69, 9.17) is 15.2 Å². The number of ether oxygens (including phenoxy) is 2. The van der Waals surface area contributed by atoms with Crippen molar-refractivity contribution in [2.45, 2.75) is 32.9 Å². The fourth-order valence-electron chi connectivity index (χ4n) is 2.04. The molecule has 1 aromatic carbocycles. The molecule has 0 saturated carbocycles. The first kappa shape index (κ1) is 15.3. The molecule has 1 heterocycles. The van der Waals surface area contributed by atoms with E-state index in [1.807, 2.05) is 32.0 Å². The molecule has 2 rings (SSSR count). The first-order chi connectivity index (χ1) is 10.2. The molecule has 5 heteroatoms. The predicted molar refractivity (Wildman–Crippen MR) is 81.3 cm³/mol. The standard InChI is InChI=1S/C16H21N3O2/c1-3-20-14-7-4-6-13(10-12(2)17)16(14)21-11-15-18-8-5-9-19-15/h4-9,12H,3,10-11,17H2,1-2H3. The van der Waals surface area contributed by atoms with Crippen molar-refractivity contribution in [1.29, 1.82) is 0 Å². The molecule has 0 fully saturated rings. The zero-order valence-corrected chi connectivity index (χ0v) is 12.5. The molecule has 21 heavy (non-hydrogen) atoms. The van der Waals surface area contributed by atoms with E-state index < -0.39 is 0 Å². The molecule has 0 bridgehead atoms. The summed E-state index contributed by atoms with van der Waals surface area (Å²) in [5.74, 6) is 2.09. The van der Waals surface area contributed by atoms with Crippen LogP contribution >= 0.6 is 0 Å². The molecule has 112 valence electrons. The molecule has 1 unspecified atom stereocenters. The van der Waals surface area contributed by atoms with E-state index in [0.717, 1.165) is 23.5 Å². The largest absolute Gasteiger partial charge is 0.490 e. The van der Waals surface area contributed by atoms with Gasteiger partial charge in [-0.3, -0.25) is 0 Å². The van der Waals surface area contributed by atoms with Crippen LogP contribution in [-0.2, 0) is 13.0 Å². The summed E-state index contributed by atoms with van der Waals surface area (Å²) in [6.07, 6.45) is 4.12. The Kier molecular flexibility index (Phi) is 5.51. The molecular formula is C16H21N3O2. The van der Waals surface area contributed by atoms with Gasteiger partial charge >= 0.3 is 0 Å². The lowest BCUT2D eigenvalue weighted by molar-refractivity contribution is 0.260. The lowest BCUT2D eigenvalue weighted by Crippen LogP contribution is -2.18.